The lowest BCUT2D eigenvalue weighted by molar-refractivity contribution is -0.139. The van der Waals surface area contributed by atoms with E-state index in [4.69, 9.17) is 5.11 Å². The van der Waals surface area contributed by atoms with Crippen LogP contribution in [0.5, 0.6) is 0 Å². The van der Waals surface area contributed by atoms with E-state index in [1.807, 2.05) is 13.8 Å². The van der Waals surface area contributed by atoms with Crippen LogP contribution in [0.4, 0.5) is 4.39 Å². The summed E-state index contributed by atoms with van der Waals surface area (Å²) in [5.74, 6) is -1.21. The number of benzene rings is 1. The molecule has 0 bridgehead atoms. The zero-order chi connectivity index (χ0) is 12.6. The zero-order valence-corrected chi connectivity index (χ0v) is 10.4. The first-order valence-corrected chi connectivity index (χ1v) is 6.21. The Bertz CT molecular complexity index is 450. The Balaban J connectivity index is 2.28. The van der Waals surface area contributed by atoms with Crippen LogP contribution in [-0.2, 0) is 4.79 Å². The predicted octanol–water partition coefficient (Wildman–Crippen LogP) is 2.39. The highest BCUT2D eigenvalue weighted by Gasteiger charge is 2.46. The first-order valence-electron chi connectivity index (χ1n) is 5.33. The van der Waals surface area contributed by atoms with E-state index in [9.17, 15) is 9.18 Å². The Hall–Kier alpha value is -1.07. The maximum Gasteiger partial charge on any atom is 0.322 e. The van der Waals surface area contributed by atoms with Crippen molar-refractivity contribution in [2.45, 2.75) is 30.0 Å². The number of rotatable bonds is 2. The largest absolute Gasteiger partial charge is 0.480 e. The van der Waals surface area contributed by atoms with Crippen molar-refractivity contribution in [3.63, 3.8) is 0 Å². The Labute approximate surface area is 103 Å². The lowest BCUT2D eigenvalue weighted by atomic mass is 10.0. The van der Waals surface area contributed by atoms with Crippen LogP contribution in [0, 0.1) is 5.82 Å². The van der Waals surface area contributed by atoms with E-state index in [1.165, 1.54) is 17.8 Å². The fraction of sp³-hybridized carbons (Fsp3) is 0.417. The molecule has 2 atom stereocenters. The molecular formula is C12H14FNO2S. The van der Waals surface area contributed by atoms with Gasteiger partial charge >= 0.3 is 5.97 Å². The van der Waals surface area contributed by atoms with E-state index in [2.05, 4.69) is 5.32 Å². The number of aliphatic carboxylic acids is 1. The quantitative estimate of drug-likeness (QED) is 0.852. The summed E-state index contributed by atoms with van der Waals surface area (Å²) in [5, 5.41) is 11.8. The van der Waals surface area contributed by atoms with Crippen molar-refractivity contribution in [2.24, 2.45) is 0 Å². The van der Waals surface area contributed by atoms with Crippen LogP contribution in [0.2, 0.25) is 0 Å². The van der Waals surface area contributed by atoms with Crippen molar-refractivity contribution in [1.82, 2.24) is 5.32 Å². The van der Waals surface area contributed by atoms with Gasteiger partial charge in [0.05, 0.1) is 5.37 Å². The van der Waals surface area contributed by atoms with Gasteiger partial charge in [-0.25, -0.2) is 4.39 Å². The van der Waals surface area contributed by atoms with Gasteiger partial charge in [-0.2, -0.15) is 0 Å². The van der Waals surface area contributed by atoms with Crippen LogP contribution in [0.15, 0.2) is 24.3 Å². The van der Waals surface area contributed by atoms with E-state index >= 15 is 0 Å². The van der Waals surface area contributed by atoms with Crippen LogP contribution in [0.1, 0.15) is 24.8 Å². The molecule has 3 nitrogen and oxygen atoms in total. The van der Waals surface area contributed by atoms with E-state index in [-0.39, 0.29) is 11.2 Å². The van der Waals surface area contributed by atoms with E-state index in [0.29, 0.717) is 5.56 Å². The van der Waals surface area contributed by atoms with Gasteiger partial charge in [0.2, 0.25) is 0 Å². The Kier molecular flexibility index (Phi) is 3.14. The summed E-state index contributed by atoms with van der Waals surface area (Å²) in [7, 11) is 0. The molecule has 5 heteroatoms. The second-order valence-corrected chi connectivity index (χ2v) is 6.32. The van der Waals surface area contributed by atoms with Gasteiger partial charge in [-0.3, -0.25) is 10.1 Å². The highest BCUT2D eigenvalue weighted by atomic mass is 32.2. The van der Waals surface area contributed by atoms with Crippen LogP contribution in [0.3, 0.4) is 0 Å². The smallest absolute Gasteiger partial charge is 0.322 e. The summed E-state index contributed by atoms with van der Waals surface area (Å²) in [6.45, 7) is 3.70. The third-order valence-corrected chi connectivity index (χ3v) is 4.34. The highest BCUT2D eigenvalue weighted by molar-refractivity contribution is 8.01. The highest BCUT2D eigenvalue weighted by Crippen LogP contribution is 2.46. The minimum Gasteiger partial charge on any atom is -0.480 e. The molecule has 1 unspecified atom stereocenters. The second-order valence-electron chi connectivity index (χ2n) is 4.56. The molecule has 1 heterocycles. The van der Waals surface area contributed by atoms with Crippen molar-refractivity contribution >= 4 is 17.7 Å². The minimum atomic E-state index is -0.902. The summed E-state index contributed by atoms with van der Waals surface area (Å²) in [6.07, 6.45) is 0. The monoisotopic (exact) mass is 255 g/mol. The third kappa shape index (κ3) is 2.30. The number of hydrogen-bond donors (Lipinski definition) is 2. The van der Waals surface area contributed by atoms with Gasteiger partial charge in [-0.1, -0.05) is 18.2 Å². The van der Waals surface area contributed by atoms with Crippen LogP contribution in [-0.4, -0.2) is 21.9 Å². The molecule has 0 radical (unpaired) electrons. The Morgan fingerprint density at radius 1 is 1.47 bits per heavy atom. The zero-order valence-electron chi connectivity index (χ0n) is 9.61. The molecule has 0 aromatic heterocycles. The average molecular weight is 255 g/mol. The summed E-state index contributed by atoms with van der Waals surface area (Å²) >= 11 is 1.44. The minimum absolute atomic E-state index is 0.306. The lowest BCUT2D eigenvalue weighted by Crippen LogP contribution is -2.43. The maximum absolute atomic E-state index is 13.6. The second kappa shape index (κ2) is 4.31. The van der Waals surface area contributed by atoms with E-state index in [0.717, 1.165) is 0 Å². The SMILES string of the molecule is CC1(C)SC(c2ccccc2F)N[C@H]1C(=O)O. The predicted molar refractivity (Wildman–Crippen MR) is 65.4 cm³/mol. The number of carboxylic acids is 1. The van der Waals surface area contributed by atoms with Gasteiger partial charge in [0, 0.05) is 10.3 Å². The molecule has 1 aromatic rings. The lowest BCUT2D eigenvalue weighted by Gasteiger charge is -2.20. The molecule has 1 aliphatic heterocycles. The molecule has 1 saturated heterocycles. The van der Waals surface area contributed by atoms with Gasteiger partial charge in [0.25, 0.3) is 0 Å². The van der Waals surface area contributed by atoms with E-state index < -0.39 is 16.8 Å². The van der Waals surface area contributed by atoms with Gasteiger partial charge in [0.1, 0.15) is 11.9 Å². The van der Waals surface area contributed by atoms with Crippen molar-refractivity contribution < 1.29 is 14.3 Å². The molecule has 0 spiro atoms. The molecule has 1 aliphatic rings. The fourth-order valence-electron chi connectivity index (χ4n) is 1.97. The molecule has 0 saturated carbocycles. The fourth-order valence-corrected chi connectivity index (χ4v) is 3.40. The van der Waals surface area contributed by atoms with Gasteiger partial charge in [0.15, 0.2) is 0 Å². The van der Waals surface area contributed by atoms with Gasteiger partial charge in [-0.15, -0.1) is 11.8 Å². The third-order valence-electron chi connectivity index (χ3n) is 2.87. The van der Waals surface area contributed by atoms with Crippen LogP contribution < -0.4 is 5.32 Å². The number of thioether (sulfide) groups is 1. The van der Waals surface area contributed by atoms with Crippen molar-refractivity contribution in [3.8, 4) is 0 Å². The van der Waals surface area contributed by atoms with Crippen molar-refractivity contribution in [3.05, 3.63) is 35.6 Å². The van der Waals surface area contributed by atoms with Gasteiger partial charge in [-0.05, 0) is 19.9 Å². The molecule has 2 N–H and O–H groups in total. The molecule has 0 amide bonds. The van der Waals surface area contributed by atoms with Gasteiger partial charge < -0.3 is 5.11 Å². The average Bonchev–Trinajstić information content (AvgIpc) is 2.55. The van der Waals surface area contributed by atoms with Crippen molar-refractivity contribution in [1.29, 1.82) is 0 Å². The molecule has 1 fully saturated rings. The number of halogens is 1. The number of carbonyl (C=O) groups is 1. The molecule has 17 heavy (non-hydrogen) atoms. The molecule has 92 valence electrons. The maximum atomic E-state index is 13.6. The number of nitrogens with one attached hydrogen (secondary N) is 1. The molecule has 1 aromatic carbocycles. The summed E-state index contributed by atoms with van der Waals surface area (Å²) in [5.41, 5.74) is 0.509. The van der Waals surface area contributed by atoms with Crippen molar-refractivity contribution in [2.75, 3.05) is 0 Å². The normalized spacial score (nSPS) is 27.0. The van der Waals surface area contributed by atoms with Crippen LogP contribution >= 0.6 is 11.8 Å². The Morgan fingerprint density at radius 2 is 2.12 bits per heavy atom. The molecular weight excluding hydrogens is 241 g/mol. The standard InChI is InChI=1S/C12H14FNO2S/c1-12(2)9(11(15)16)14-10(17-12)7-5-3-4-6-8(7)13/h3-6,9-10,14H,1-2H3,(H,15,16)/t9-,10?/m0/s1. The first kappa shape index (κ1) is 12.4. The van der Waals surface area contributed by atoms with Crippen LogP contribution in [0.25, 0.3) is 0 Å². The summed E-state index contributed by atoms with van der Waals surface area (Å²) in [4.78, 5) is 11.1. The summed E-state index contributed by atoms with van der Waals surface area (Å²) < 4.78 is 13.2. The first-order chi connectivity index (χ1) is 7.92. The van der Waals surface area contributed by atoms with E-state index in [1.54, 1.807) is 18.2 Å². The molecule has 0 aliphatic carbocycles. The number of hydrogen-bond acceptors (Lipinski definition) is 3. The molecule has 2 rings (SSSR count). The summed E-state index contributed by atoms with van der Waals surface area (Å²) in [6, 6.07) is 5.77. The topological polar surface area (TPSA) is 49.3 Å². The Morgan fingerprint density at radius 3 is 2.65 bits per heavy atom. The number of carboxylic acid groups (broad SMARTS) is 1.